The number of carbonyl (C=O) groups excluding carboxylic acids is 1. The van der Waals surface area contributed by atoms with Crippen LogP contribution in [0.2, 0.25) is 0 Å². The minimum absolute atomic E-state index is 0.0529. The highest BCUT2D eigenvalue weighted by Gasteiger charge is 2.30. The molecule has 0 atom stereocenters. The van der Waals surface area contributed by atoms with Gasteiger partial charge in [0.25, 0.3) is 0 Å². The van der Waals surface area contributed by atoms with Crippen LogP contribution in [0.25, 0.3) is 11.4 Å². The van der Waals surface area contributed by atoms with Gasteiger partial charge in [0.05, 0.1) is 10.6 Å². The number of amides is 1. The van der Waals surface area contributed by atoms with Crippen LogP contribution in [-0.4, -0.2) is 70.6 Å². The van der Waals surface area contributed by atoms with Crippen LogP contribution in [0, 0.1) is 0 Å². The van der Waals surface area contributed by atoms with Gasteiger partial charge in [-0.3, -0.25) is 9.89 Å². The van der Waals surface area contributed by atoms with Crippen molar-refractivity contribution in [3.63, 3.8) is 0 Å². The summed E-state index contributed by atoms with van der Waals surface area (Å²) in [6.07, 6.45) is 0. The van der Waals surface area contributed by atoms with E-state index >= 15 is 0 Å². The number of aromatic amines is 1. The summed E-state index contributed by atoms with van der Waals surface area (Å²) in [4.78, 5) is 18.9. The first-order chi connectivity index (χ1) is 14.5. The van der Waals surface area contributed by atoms with Gasteiger partial charge in [-0.05, 0) is 12.1 Å². The van der Waals surface area contributed by atoms with E-state index in [4.69, 9.17) is 0 Å². The van der Waals surface area contributed by atoms with Crippen LogP contribution in [-0.2, 0) is 14.8 Å². The maximum absolute atomic E-state index is 12.7. The number of aromatic nitrogens is 3. The van der Waals surface area contributed by atoms with E-state index in [0.717, 1.165) is 5.56 Å². The van der Waals surface area contributed by atoms with E-state index in [1.807, 2.05) is 30.3 Å². The minimum Gasteiger partial charge on any atom is -0.339 e. The number of benzene rings is 2. The number of hydrogen-bond acceptors (Lipinski definition) is 6. The van der Waals surface area contributed by atoms with Gasteiger partial charge in [0.2, 0.25) is 21.1 Å². The Bertz CT molecular complexity index is 1100. The number of rotatable bonds is 6. The Morgan fingerprint density at radius 1 is 0.967 bits per heavy atom. The van der Waals surface area contributed by atoms with Crippen molar-refractivity contribution in [2.24, 2.45) is 0 Å². The molecule has 1 aromatic heterocycles. The lowest BCUT2D eigenvalue weighted by Gasteiger charge is -2.33. The smallest absolute Gasteiger partial charge is 0.243 e. The van der Waals surface area contributed by atoms with Crippen LogP contribution in [0.5, 0.6) is 0 Å². The zero-order chi connectivity index (χ0) is 21.0. The van der Waals surface area contributed by atoms with Gasteiger partial charge in [0.15, 0.2) is 5.82 Å². The van der Waals surface area contributed by atoms with E-state index in [1.165, 1.54) is 16.1 Å². The van der Waals surface area contributed by atoms with Gasteiger partial charge in [0, 0.05) is 31.7 Å². The van der Waals surface area contributed by atoms with E-state index in [9.17, 15) is 13.2 Å². The summed E-state index contributed by atoms with van der Waals surface area (Å²) in [5.41, 5.74) is 0.930. The van der Waals surface area contributed by atoms with E-state index in [0.29, 0.717) is 24.1 Å². The van der Waals surface area contributed by atoms with Gasteiger partial charge in [-0.15, -0.1) is 5.10 Å². The fourth-order valence-corrected chi connectivity index (χ4v) is 5.32. The Balaban J connectivity index is 1.29. The molecule has 3 aromatic rings. The second kappa shape index (κ2) is 8.99. The number of carbonyl (C=O) groups is 1. The maximum Gasteiger partial charge on any atom is 0.243 e. The van der Waals surface area contributed by atoms with E-state index < -0.39 is 10.0 Å². The fraction of sp³-hybridized carbons (Fsp3) is 0.250. The molecule has 2 heterocycles. The molecule has 0 spiro atoms. The standard InChI is InChI=1S/C20H21N5O3S2/c26-18(15-29-20-21-19(22-23-20)16-7-3-1-4-8-16)24-11-13-25(14-12-24)30(27,28)17-9-5-2-6-10-17/h1-10H,11-15H2,(H,21,22,23). The number of hydrogen-bond donors (Lipinski definition) is 1. The number of thioether (sulfide) groups is 1. The van der Waals surface area contributed by atoms with Gasteiger partial charge in [-0.1, -0.05) is 60.3 Å². The summed E-state index contributed by atoms with van der Waals surface area (Å²) < 4.78 is 26.8. The van der Waals surface area contributed by atoms with Crippen molar-refractivity contribution < 1.29 is 13.2 Å². The second-order valence-corrected chi connectivity index (χ2v) is 9.60. The number of nitrogens with zero attached hydrogens (tertiary/aromatic N) is 4. The molecule has 1 amide bonds. The summed E-state index contributed by atoms with van der Waals surface area (Å²) in [7, 11) is -3.52. The Labute approximate surface area is 179 Å². The third kappa shape index (κ3) is 4.55. The molecular formula is C20H21N5O3S2. The molecule has 1 N–H and O–H groups in total. The molecular weight excluding hydrogens is 422 g/mol. The first kappa shape index (κ1) is 20.6. The molecule has 156 valence electrons. The Hall–Kier alpha value is -2.69. The number of piperazine rings is 1. The zero-order valence-corrected chi connectivity index (χ0v) is 17.8. The highest BCUT2D eigenvalue weighted by molar-refractivity contribution is 7.99. The molecule has 0 radical (unpaired) electrons. The first-order valence-electron chi connectivity index (χ1n) is 9.47. The summed E-state index contributed by atoms with van der Waals surface area (Å²) in [5.74, 6) is 0.811. The molecule has 4 rings (SSSR count). The van der Waals surface area contributed by atoms with Crippen LogP contribution in [0.4, 0.5) is 0 Å². The largest absolute Gasteiger partial charge is 0.339 e. The number of H-pyrrole nitrogens is 1. The van der Waals surface area contributed by atoms with Crippen LogP contribution in [0.15, 0.2) is 70.7 Å². The lowest BCUT2D eigenvalue weighted by atomic mass is 10.2. The van der Waals surface area contributed by atoms with Crippen LogP contribution < -0.4 is 0 Å². The lowest BCUT2D eigenvalue weighted by molar-refractivity contribution is -0.129. The molecule has 1 aliphatic rings. The quantitative estimate of drug-likeness (QED) is 0.586. The monoisotopic (exact) mass is 443 g/mol. The van der Waals surface area contributed by atoms with Gasteiger partial charge >= 0.3 is 0 Å². The third-order valence-corrected chi connectivity index (χ3v) is 7.55. The average molecular weight is 444 g/mol. The van der Waals surface area contributed by atoms with E-state index in [1.54, 1.807) is 35.2 Å². The Morgan fingerprint density at radius 2 is 1.60 bits per heavy atom. The molecule has 30 heavy (non-hydrogen) atoms. The average Bonchev–Trinajstić information content (AvgIpc) is 3.28. The topological polar surface area (TPSA) is 99.3 Å². The molecule has 8 nitrogen and oxygen atoms in total. The predicted molar refractivity (Wildman–Crippen MR) is 114 cm³/mol. The molecule has 1 fully saturated rings. The number of sulfonamides is 1. The molecule has 1 aliphatic heterocycles. The second-order valence-electron chi connectivity index (χ2n) is 6.72. The fourth-order valence-electron chi connectivity index (χ4n) is 3.17. The number of nitrogens with one attached hydrogen (secondary N) is 1. The lowest BCUT2D eigenvalue weighted by Crippen LogP contribution is -2.50. The van der Waals surface area contributed by atoms with Crippen molar-refractivity contribution in [1.82, 2.24) is 24.4 Å². The van der Waals surface area contributed by atoms with Crippen LogP contribution >= 0.6 is 11.8 Å². The molecule has 1 saturated heterocycles. The van der Waals surface area contributed by atoms with Crippen molar-refractivity contribution >= 4 is 27.7 Å². The van der Waals surface area contributed by atoms with Gasteiger partial charge in [0.1, 0.15) is 0 Å². The summed E-state index contributed by atoms with van der Waals surface area (Å²) in [6, 6.07) is 18.0. The summed E-state index contributed by atoms with van der Waals surface area (Å²) in [6.45, 7) is 1.31. The van der Waals surface area contributed by atoms with Crippen LogP contribution in [0.1, 0.15) is 0 Å². The molecule has 0 aliphatic carbocycles. The zero-order valence-electron chi connectivity index (χ0n) is 16.1. The van der Waals surface area contributed by atoms with Gasteiger partial charge < -0.3 is 4.90 Å². The highest BCUT2D eigenvalue weighted by atomic mass is 32.2. The third-order valence-electron chi connectivity index (χ3n) is 4.81. The van der Waals surface area contributed by atoms with Crippen LogP contribution in [0.3, 0.4) is 0 Å². The Kier molecular flexibility index (Phi) is 6.16. The van der Waals surface area contributed by atoms with E-state index in [-0.39, 0.29) is 29.6 Å². The molecule has 0 saturated carbocycles. The minimum atomic E-state index is -3.52. The van der Waals surface area contributed by atoms with Gasteiger partial charge in [-0.2, -0.15) is 4.31 Å². The molecule has 0 bridgehead atoms. The highest BCUT2D eigenvalue weighted by Crippen LogP contribution is 2.21. The summed E-state index contributed by atoms with van der Waals surface area (Å²) in [5, 5.41) is 7.55. The van der Waals surface area contributed by atoms with Crippen molar-refractivity contribution in [2.75, 3.05) is 31.9 Å². The Morgan fingerprint density at radius 3 is 2.27 bits per heavy atom. The molecule has 2 aromatic carbocycles. The van der Waals surface area contributed by atoms with Crippen molar-refractivity contribution in [2.45, 2.75) is 10.1 Å². The molecule has 0 unspecified atom stereocenters. The van der Waals surface area contributed by atoms with E-state index in [2.05, 4.69) is 15.2 Å². The predicted octanol–water partition coefficient (Wildman–Crippen LogP) is 2.10. The first-order valence-corrected chi connectivity index (χ1v) is 11.9. The maximum atomic E-state index is 12.7. The summed E-state index contributed by atoms with van der Waals surface area (Å²) >= 11 is 1.26. The van der Waals surface area contributed by atoms with Crippen molar-refractivity contribution in [3.05, 3.63) is 60.7 Å². The SMILES string of the molecule is O=C(CSc1n[nH]c(-c2ccccc2)n1)N1CCN(S(=O)(=O)c2ccccc2)CC1. The van der Waals surface area contributed by atoms with Crippen molar-refractivity contribution in [1.29, 1.82) is 0 Å². The molecule has 10 heteroatoms. The normalized spacial score (nSPS) is 15.3. The van der Waals surface area contributed by atoms with Crippen molar-refractivity contribution in [3.8, 4) is 11.4 Å². The van der Waals surface area contributed by atoms with Gasteiger partial charge in [-0.25, -0.2) is 13.4 Å².